The quantitative estimate of drug-likeness (QED) is 0.888. The summed E-state index contributed by atoms with van der Waals surface area (Å²) < 4.78 is 5.50. The van der Waals surface area contributed by atoms with Crippen LogP contribution in [0.5, 0.6) is 0 Å². The third-order valence-electron chi connectivity index (χ3n) is 4.90. The van der Waals surface area contributed by atoms with Gasteiger partial charge in [0.2, 0.25) is 0 Å². The van der Waals surface area contributed by atoms with Gasteiger partial charge in [0.25, 0.3) is 0 Å². The number of nitrogens with zero attached hydrogens (tertiary/aromatic N) is 1. The molecule has 4 heteroatoms. The maximum atomic E-state index is 12.3. The van der Waals surface area contributed by atoms with Crippen LogP contribution < -0.4 is 5.73 Å². The maximum Gasteiger partial charge on any atom is 0.410 e. The van der Waals surface area contributed by atoms with Crippen LogP contribution >= 0.6 is 0 Å². The molecule has 0 aromatic heterocycles. The van der Waals surface area contributed by atoms with E-state index in [2.05, 4.69) is 45.0 Å². The molecule has 0 saturated carbocycles. The maximum absolute atomic E-state index is 12.3. The van der Waals surface area contributed by atoms with Crippen LogP contribution in [-0.2, 0) is 10.2 Å². The lowest BCUT2D eigenvalue weighted by Crippen LogP contribution is -2.36. The van der Waals surface area contributed by atoms with Gasteiger partial charge in [0, 0.05) is 19.0 Å². The molecule has 2 N–H and O–H groups in total. The number of benzene rings is 1. The number of rotatable bonds is 3. The molecule has 1 fully saturated rings. The predicted molar refractivity (Wildman–Crippen MR) is 103 cm³/mol. The smallest absolute Gasteiger partial charge is 0.410 e. The molecule has 140 valence electrons. The van der Waals surface area contributed by atoms with E-state index >= 15 is 0 Å². The Morgan fingerprint density at radius 1 is 1.20 bits per heavy atom. The fourth-order valence-corrected chi connectivity index (χ4v) is 3.44. The van der Waals surface area contributed by atoms with Crippen LogP contribution in [0.25, 0.3) is 0 Å². The fraction of sp³-hybridized carbons (Fsp3) is 0.667. The molecule has 4 nitrogen and oxygen atoms in total. The summed E-state index contributed by atoms with van der Waals surface area (Å²) in [7, 11) is 0. The normalized spacial score (nSPS) is 19.8. The molecule has 1 saturated heterocycles. The van der Waals surface area contributed by atoms with E-state index in [1.165, 1.54) is 11.1 Å². The molecule has 1 aromatic rings. The summed E-state index contributed by atoms with van der Waals surface area (Å²) >= 11 is 0. The summed E-state index contributed by atoms with van der Waals surface area (Å²) in [4.78, 5) is 14.1. The number of amides is 1. The molecule has 0 bridgehead atoms. The monoisotopic (exact) mass is 346 g/mol. The van der Waals surface area contributed by atoms with Gasteiger partial charge in [0.1, 0.15) is 5.60 Å². The lowest BCUT2D eigenvalue weighted by molar-refractivity contribution is 0.0286. The van der Waals surface area contributed by atoms with Crippen LogP contribution in [0.3, 0.4) is 0 Å². The van der Waals surface area contributed by atoms with E-state index in [1.54, 1.807) is 0 Å². The summed E-state index contributed by atoms with van der Waals surface area (Å²) in [6.45, 7) is 14.4. The number of carbonyl (C=O) groups is 1. The standard InChI is InChI=1S/C21H34N2O2/c1-20(2,3)17-9-7-15(8-10-17)18(13-22)16-11-12-23(14-16)19(24)25-21(4,5)6/h7-10,16,18H,11-14,22H2,1-6H3. The molecule has 1 amide bonds. The van der Waals surface area contributed by atoms with E-state index in [1.807, 2.05) is 25.7 Å². The lowest BCUT2D eigenvalue weighted by atomic mass is 9.82. The van der Waals surface area contributed by atoms with Crippen LogP contribution in [-0.4, -0.2) is 36.2 Å². The van der Waals surface area contributed by atoms with Gasteiger partial charge in [-0.15, -0.1) is 0 Å². The van der Waals surface area contributed by atoms with E-state index in [0.717, 1.165) is 19.5 Å². The van der Waals surface area contributed by atoms with E-state index < -0.39 is 5.60 Å². The number of hydrogen-bond acceptors (Lipinski definition) is 3. The molecule has 2 unspecified atom stereocenters. The summed E-state index contributed by atoms with van der Waals surface area (Å²) in [6.07, 6.45) is 0.760. The number of hydrogen-bond donors (Lipinski definition) is 1. The Morgan fingerprint density at radius 3 is 2.28 bits per heavy atom. The summed E-state index contributed by atoms with van der Waals surface area (Å²) in [6, 6.07) is 8.82. The van der Waals surface area contributed by atoms with E-state index in [9.17, 15) is 4.79 Å². The largest absolute Gasteiger partial charge is 0.444 e. The van der Waals surface area contributed by atoms with Crippen molar-refractivity contribution in [3.05, 3.63) is 35.4 Å². The van der Waals surface area contributed by atoms with E-state index in [0.29, 0.717) is 12.5 Å². The first-order chi connectivity index (χ1) is 11.5. The van der Waals surface area contributed by atoms with Gasteiger partial charge < -0.3 is 15.4 Å². The lowest BCUT2D eigenvalue weighted by Gasteiger charge is -2.26. The van der Waals surface area contributed by atoms with Gasteiger partial charge in [0.05, 0.1) is 0 Å². The number of likely N-dealkylation sites (tertiary alicyclic amines) is 1. The van der Waals surface area contributed by atoms with Crippen LogP contribution in [0, 0.1) is 5.92 Å². The third-order valence-corrected chi connectivity index (χ3v) is 4.90. The molecule has 0 aliphatic carbocycles. The van der Waals surface area contributed by atoms with Crippen molar-refractivity contribution < 1.29 is 9.53 Å². The second-order valence-corrected chi connectivity index (χ2v) is 9.19. The van der Waals surface area contributed by atoms with Crippen LogP contribution in [0.1, 0.15) is 65.0 Å². The zero-order valence-electron chi connectivity index (χ0n) is 16.6. The van der Waals surface area contributed by atoms with Crippen molar-refractivity contribution in [3.63, 3.8) is 0 Å². The average molecular weight is 347 g/mol. The summed E-state index contributed by atoms with van der Waals surface area (Å²) in [5, 5.41) is 0. The molecule has 2 atom stereocenters. The molecule has 1 aromatic carbocycles. The SMILES string of the molecule is CC(C)(C)OC(=O)N1CCC(C(CN)c2ccc(C(C)(C)C)cc2)C1. The molecule has 1 aliphatic heterocycles. The Balaban J connectivity index is 2.05. The third kappa shape index (κ3) is 5.21. The van der Waals surface area contributed by atoms with Gasteiger partial charge in [-0.05, 0) is 56.2 Å². The number of ether oxygens (including phenoxy) is 1. The molecule has 25 heavy (non-hydrogen) atoms. The average Bonchev–Trinajstić information content (AvgIpc) is 2.96. The Hall–Kier alpha value is -1.55. The molecule has 0 radical (unpaired) electrons. The second-order valence-electron chi connectivity index (χ2n) is 9.19. The van der Waals surface area contributed by atoms with Crippen LogP contribution in [0.4, 0.5) is 4.79 Å². The highest BCUT2D eigenvalue weighted by atomic mass is 16.6. The fourth-order valence-electron chi connectivity index (χ4n) is 3.44. The first-order valence-corrected chi connectivity index (χ1v) is 9.29. The van der Waals surface area contributed by atoms with Gasteiger partial charge in [-0.1, -0.05) is 45.0 Å². The minimum Gasteiger partial charge on any atom is -0.444 e. The number of nitrogens with two attached hydrogens (primary N) is 1. The zero-order valence-corrected chi connectivity index (χ0v) is 16.6. The van der Waals surface area contributed by atoms with Crippen LogP contribution in [0.2, 0.25) is 0 Å². The van der Waals surface area contributed by atoms with E-state index in [4.69, 9.17) is 10.5 Å². The first-order valence-electron chi connectivity index (χ1n) is 9.29. The van der Waals surface area contributed by atoms with Crippen molar-refractivity contribution in [2.24, 2.45) is 11.7 Å². The minimum absolute atomic E-state index is 0.150. The first kappa shape index (κ1) is 19.8. The predicted octanol–water partition coefficient (Wildman–Crippen LogP) is 4.28. The van der Waals surface area contributed by atoms with Crippen molar-refractivity contribution in [1.82, 2.24) is 4.90 Å². The van der Waals surface area contributed by atoms with Crippen molar-refractivity contribution in [3.8, 4) is 0 Å². The summed E-state index contributed by atoms with van der Waals surface area (Å²) in [5.74, 6) is 0.666. The van der Waals surface area contributed by atoms with Crippen molar-refractivity contribution in [2.75, 3.05) is 19.6 Å². The molecule has 1 heterocycles. The molecular formula is C21H34N2O2. The Bertz CT molecular complexity index is 581. The van der Waals surface area contributed by atoms with Gasteiger partial charge in [0.15, 0.2) is 0 Å². The van der Waals surface area contributed by atoms with Gasteiger partial charge in [-0.25, -0.2) is 4.79 Å². The Labute approximate surface area is 152 Å². The molecule has 0 spiro atoms. The molecule has 2 rings (SSSR count). The summed E-state index contributed by atoms with van der Waals surface area (Å²) in [5.41, 5.74) is 8.39. The second kappa shape index (κ2) is 7.36. The van der Waals surface area contributed by atoms with E-state index in [-0.39, 0.29) is 17.4 Å². The van der Waals surface area contributed by atoms with Gasteiger partial charge >= 0.3 is 6.09 Å². The minimum atomic E-state index is -0.453. The number of carbonyl (C=O) groups excluding carboxylic acids is 1. The van der Waals surface area contributed by atoms with Crippen molar-refractivity contribution in [1.29, 1.82) is 0 Å². The van der Waals surface area contributed by atoms with Gasteiger partial charge in [-0.3, -0.25) is 0 Å². The molecule has 1 aliphatic rings. The Morgan fingerprint density at radius 2 is 1.80 bits per heavy atom. The van der Waals surface area contributed by atoms with Gasteiger partial charge in [-0.2, -0.15) is 0 Å². The highest BCUT2D eigenvalue weighted by Gasteiger charge is 2.34. The Kier molecular flexibility index (Phi) is 5.82. The van der Waals surface area contributed by atoms with Crippen LogP contribution in [0.15, 0.2) is 24.3 Å². The van der Waals surface area contributed by atoms with Crippen molar-refractivity contribution in [2.45, 2.75) is 64.9 Å². The zero-order chi connectivity index (χ0) is 18.8. The highest BCUT2D eigenvalue weighted by molar-refractivity contribution is 5.68. The molecular weight excluding hydrogens is 312 g/mol. The highest BCUT2D eigenvalue weighted by Crippen LogP contribution is 2.33. The van der Waals surface area contributed by atoms with Crippen molar-refractivity contribution >= 4 is 6.09 Å². The topological polar surface area (TPSA) is 55.6 Å².